The van der Waals surface area contributed by atoms with Gasteiger partial charge in [-0.05, 0) is 44.4 Å². The summed E-state index contributed by atoms with van der Waals surface area (Å²) < 4.78 is 62.6. The third-order valence-electron chi connectivity index (χ3n) is 5.98. The van der Waals surface area contributed by atoms with Gasteiger partial charge in [-0.2, -0.15) is 4.31 Å². The molecule has 3 atom stereocenters. The molecule has 32 heavy (non-hydrogen) atoms. The van der Waals surface area contributed by atoms with E-state index in [1.54, 1.807) is 31.2 Å². The molecular formula is C22H23F2N3O4S. The van der Waals surface area contributed by atoms with E-state index in [0.29, 0.717) is 18.4 Å². The monoisotopic (exact) mass is 463 g/mol. The maximum atomic E-state index is 15.0. The number of hydrogen-bond acceptors (Lipinski definition) is 5. The molecule has 1 aliphatic heterocycles. The molecule has 0 spiro atoms. The number of rotatable bonds is 5. The van der Waals surface area contributed by atoms with Crippen molar-refractivity contribution in [2.45, 2.75) is 50.4 Å². The van der Waals surface area contributed by atoms with Gasteiger partial charge < -0.3 is 4.42 Å². The minimum Gasteiger partial charge on any atom is -0.392 e. The molecule has 1 unspecified atom stereocenters. The van der Waals surface area contributed by atoms with Gasteiger partial charge in [-0.1, -0.05) is 30.3 Å². The highest BCUT2D eigenvalue weighted by Crippen LogP contribution is 2.38. The van der Waals surface area contributed by atoms with Crippen molar-refractivity contribution in [1.82, 2.24) is 14.5 Å². The highest BCUT2D eigenvalue weighted by atomic mass is 32.2. The molecule has 4 rings (SSSR count). The van der Waals surface area contributed by atoms with Crippen LogP contribution in [0.5, 0.6) is 0 Å². The van der Waals surface area contributed by atoms with Crippen molar-refractivity contribution < 1.29 is 21.6 Å². The Hall–Kier alpha value is -2.85. The van der Waals surface area contributed by atoms with Crippen LogP contribution in [0.25, 0.3) is 0 Å². The van der Waals surface area contributed by atoms with Gasteiger partial charge in [0, 0.05) is 23.7 Å². The normalized spacial score (nSPS) is 22.0. The van der Waals surface area contributed by atoms with Gasteiger partial charge in [0.2, 0.25) is 15.9 Å². The topological polar surface area (TPSA) is 96.3 Å². The summed E-state index contributed by atoms with van der Waals surface area (Å²) in [5, 5.41) is 5.03. The quantitative estimate of drug-likeness (QED) is 0.620. The number of halogens is 2. The van der Waals surface area contributed by atoms with Crippen LogP contribution in [0.4, 0.5) is 8.78 Å². The summed E-state index contributed by atoms with van der Waals surface area (Å²) in [6, 6.07) is 10.6. The van der Waals surface area contributed by atoms with E-state index in [1.807, 2.05) is 6.07 Å². The van der Waals surface area contributed by atoms with Gasteiger partial charge >= 0.3 is 5.76 Å². The SMILES string of the molecule is CC(c1n[nH]c(=O)o1)c1cc(F)c(CN2[C@@H](C)CC[C@H](c3ccccc3)S2(=O)=O)cc1F. The summed E-state index contributed by atoms with van der Waals surface area (Å²) in [4.78, 5) is 11.2. The third kappa shape index (κ3) is 4.12. The van der Waals surface area contributed by atoms with Crippen LogP contribution in [-0.4, -0.2) is 29.0 Å². The average Bonchev–Trinajstić information content (AvgIpc) is 3.19. The third-order valence-corrected chi connectivity index (χ3v) is 8.35. The van der Waals surface area contributed by atoms with E-state index < -0.39 is 38.6 Å². The van der Waals surface area contributed by atoms with Crippen LogP contribution in [0.15, 0.2) is 51.7 Å². The number of nitrogens with zero attached hydrogens (tertiary/aromatic N) is 2. The molecular weight excluding hydrogens is 440 g/mol. The van der Waals surface area contributed by atoms with Crippen LogP contribution in [-0.2, 0) is 16.6 Å². The zero-order valence-corrected chi connectivity index (χ0v) is 18.4. The maximum absolute atomic E-state index is 15.0. The number of benzene rings is 2. The molecule has 0 saturated carbocycles. The zero-order chi connectivity index (χ0) is 23.0. The summed E-state index contributed by atoms with van der Waals surface area (Å²) in [6.07, 6.45) is 1.07. The summed E-state index contributed by atoms with van der Waals surface area (Å²) in [5.74, 6) is -3.14. The molecule has 0 radical (unpaired) electrons. The summed E-state index contributed by atoms with van der Waals surface area (Å²) in [5.41, 5.74) is 0.574. The first-order valence-electron chi connectivity index (χ1n) is 10.3. The molecule has 1 saturated heterocycles. The van der Waals surface area contributed by atoms with Crippen molar-refractivity contribution in [2.75, 3.05) is 0 Å². The number of nitrogens with one attached hydrogen (secondary N) is 1. The zero-order valence-electron chi connectivity index (χ0n) is 17.6. The Balaban J connectivity index is 1.64. The van der Waals surface area contributed by atoms with E-state index in [1.165, 1.54) is 11.2 Å². The van der Waals surface area contributed by atoms with Crippen LogP contribution in [0, 0.1) is 11.6 Å². The number of aromatic amines is 1. The summed E-state index contributed by atoms with van der Waals surface area (Å²) >= 11 is 0. The lowest BCUT2D eigenvalue weighted by molar-refractivity contribution is 0.278. The minimum absolute atomic E-state index is 0.0433. The largest absolute Gasteiger partial charge is 0.434 e. The lowest BCUT2D eigenvalue weighted by Gasteiger charge is -2.37. The van der Waals surface area contributed by atoms with Crippen LogP contribution in [0.3, 0.4) is 0 Å². The number of sulfonamides is 1. The second-order valence-electron chi connectivity index (χ2n) is 8.05. The Labute approximate surface area is 184 Å². The highest BCUT2D eigenvalue weighted by Gasteiger charge is 2.40. The number of hydrogen-bond donors (Lipinski definition) is 1. The highest BCUT2D eigenvalue weighted by molar-refractivity contribution is 7.89. The molecule has 0 amide bonds. The van der Waals surface area contributed by atoms with Crippen molar-refractivity contribution in [3.63, 3.8) is 0 Å². The molecule has 1 aliphatic rings. The van der Waals surface area contributed by atoms with Crippen molar-refractivity contribution in [2.24, 2.45) is 0 Å². The molecule has 3 aromatic rings. The second kappa shape index (κ2) is 8.59. The molecule has 170 valence electrons. The fraction of sp³-hybridized carbons (Fsp3) is 0.364. The van der Waals surface area contributed by atoms with Crippen molar-refractivity contribution in [3.05, 3.63) is 87.2 Å². The van der Waals surface area contributed by atoms with E-state index in [2.05, 4.69) is 10.2 Å². The van der Waals surface area contributed by atoms with Gasteiger partial charge in [-0.15, -0.1) is 5.10 Å². The Morgan fingerprint density at radius 2 is 1.91 bits per heavy atom. The van der Waals surface area contributed by atoms with Gasteiger partial charge in [0.1, 0.15) is 16.9 Å². The van der Waals surface area contributed by atoms with E-state index >= 15 is 0 Å². The molecule has 0 bridgehead atoms. The molecule has 7 nitrogen and oxygen atoms in total. The van der Waals surface area contributed by atoms with E-state index in [4.69, 9.17) is 4.42 Å². The number of aromatic nitrogens is 2. The summed E-state index contributed by atoms with van der Waals surface area (Å²) in [7, 11) is -3.78. The predicted octanol–water partition coefficient (Wildman–Crippen LogP) is 3.85. The van der Waals surface area contributed by atoms with E-state index in [-0.39, 0.29) is 29.6 Å². The first kappa shape index (κ1) is 22.3. The fourth-order valence-corrected chi connectivity index (χ4v) is 6.32. The standard InChI is InChI=1S/C22H23F2N3O4S/c1-13-8-9-20(15-6-4-3-5-7-15)32(29,30)27(13)12-16-10-19(24)17(11-18(16)23)14(2)21-25-26-22(28)31-21/h3-7,10-11,13-14,20H,8-9,12H2,1-2H3,(H,26,28)/t13-,14?,20+/m0/s1. The molecule has 1 aromatic heterocycles. The van der Waals surface area contributed by atoms with Crippen molar-refractivity contribution in [1.29, 1.82) is 0 Å². The lowest BCUT2D eigenvalue weighted by Crippen LogP contribution is -2.44. The molecule has 1 fully saturated rings. The number of H-pyrrole nitrogens is 1. The molecule has 2 aromatic carbocycles. The smallest absolute Gasteiger partial charge is 0.392 e. The lowest BCUT2D eigenvalue weighted by atomic mass is 9.98. The Kier molecular flexibility index (Phi) is 6.00. The molecule has 10 heteroatoms. The molecule has 2 heterocycles. The van der Waals surface area contributed by atoms with Crippen LogP contribution in [0.1, 0.15) is 60.4 Å². The van der Waals surface area contributed by atoms with E-state index in [0.717, 1.165) is 12.1 Å². The average molecular weight is 464 g/mol. The molecule has 0 aliphatic carbocycles. The van der Waals surface area contributed by atoms with Crippen molar-refractivity contribution >= 4 is 10.0 Å². The Morgan fingerprint density at radius 3 is 2.56 bits per heavy atom. The van der Waals surface area contributed by atoms with E-state index in [9.17, 15) is 22.0 Å². The van der Waals surface area contributed by atoms with Gasteiger partial charge in [-0.3, -0.25) is 0 Å². The van der Waals surface area contributed by atoms with Gasteiger partial charge in [0.05, 0.1) is 5.92 Å². The predicted molar refractivity (Wildman–Crippen MR) is 113 cm³/mol. The maximum Gasteiger partial charge on any atom is 0.434 e. The van der Waals surface area contributed by atoms with Gasteiger partial charge in [0.25, 0.3) is 0 Å². The first-order chi connectivity index (χ1) is 15.2. The van der Waals surface area contributed by atoms with Crippen LogP contribution >= 0.6 is 0 Å². The Bertz CT molecular complexity index is 1270. The van der Waals surface area contributed by atoms with Crippen LogP contribution < -0.4 is 5.76 Å². The summed E-state index contributed by atoms with van der Waals surface area (Å²) in [6.45, 7) is 3.02. The second-order valence-corrected chi connectivity index (χ2v) is 10.1. The van der Waals surface area contributed by atoms with Gasteiger partial charge in [0.15, 0.2) is 0 Å². The van der Waals surface area contributed by atoms with Crippen LogP contribution in [0.2, 0.25) is 0 Å². The molecule has 1 N–H and O–H groups in total. The Morgan fingerprint density at radius 1 is 1.19 bits per heavy atom. The minimum atomic E-state index is -3.78. The van der Waals surface area contributed by atoms with Crippen molar-refractivity contribution in [3.8, 4) is 0 Å². The van der Waals surface area contributed by atoms with Gasteiger partial charge in [-0.25, -0.2) is 27.1 Å². The first-order valence-corrected chi connectivity index (χ1v) is 11.8. The fourth-order valence-electron chi connectivity index (χ4n) is 4.14.